The lowest BCUT2D eigenvalue weighted by atomic mass is 9.85. The Kier molecular flexibility index (Phi) is 4.74. The first kappa shape index (κ1) is 15.4. The van der Waals surface area contributed by atoms with Crippen molar-refractivity contribution in [1.82, 2.24) is 9.78 Å². The Morgan fingerprint density at radius 2 is 2.20 bits per heavy atom. The number of anilines is 1. The molecule has 1 saturated carbocycles. The van der Waals surface area contributed by atoms with Crippen LogP contribution in [0.15, 0.2) is 11.0 Å². The minimum absolute atomic E-state index is 0.101. The molecular formula is C15H24ClN3O. The Morgan fingerprint density at radius 1 is 1.50 bits per heavy atom. The van der Waals surface area contributed by atoms with E-state index in [-0.39, 0.29) is 11.0 Å². The van der Waals surface area contributed by atoms with Crippen LogP contribution in [-0.2, 0) is 6.54 Å². The van der Waals surface area contributed by atoms with E-state index in [1.807, 2.05) is 0 Å². The van der Waals surface area contributed by atoms with Gasteiger partial charge in [0, 0.05) is 13.1 Å². The second-order valence-corrected chi connectivity index (χ2v) is 6.93. The lowest BCUT2D eigenvalue weighted by Gasteiger charge is -2.26. The highest BCUT2D eigenvalue weighted by Crippen LogP contribution is 2.27. The predicted molar refractivity (Wildman–Crippen MR) is 83.4 cm³/mol. The molecule has 0 saturated heterocycles. The van der Waals surface area contributed by atoms with Crippen LogP contribution in [0.4, 0.5) is 5.69 Å². The molecule has 1 N–H and O–H groups in total. The summed E-state index contributed by atoms with van der Waals surface area (Å²) in [6, 6.07) is 0. The lowest BCUT2D eigenvalue weighted by Crippen LogP contribution is -2.32. The van der Waals surface area contributed by atoms with Crippen molar-refractivity contribution in [2.45, 2.75) is 53.0 Å². The molecule has 5 heteroatoms. The molecule has 0 aromatic carbocycles. The summed E-state index contributed by atoms with van der Waals surface area (Å²) < 4.78 is 1.55. The molecule has 0 spiro atoms. The maximum absolute atomic E-state index is 12.4. The van der Waals surface area contributed by atoms with E-state index in [2.05, 4.69) is 31.2 Å². The lowest BCUT2D eigenvalue weighted by molar-refractivity contribution is 0.262. The molecule has 1 aliphatic rings. The summed E-state index contributed by atoms with van der Waals surface area (Å²) in [7, 11) is 0. The number of nitrogens with one attached hydrogen (secondary N) is 1. The van der Waals surface area contributed by atoms with Crippen LogP contribution in [-0.4, -0.2) is 16.3 Å². The van der Waals surface area contributed by atoms with Crippen molar-refractivity contribution in [3.63, 3.8) is 0 Å². The van der Waals surface area contributed by atoms with Crippen LogP contribution in [0.3, 0.4) is 0 Å². The van der Waals surface area contributed by atoms with Gasteiger partial charge in [0.05, 0.1) is 11.2 Å². The van der Waals surface area contributed by atoms with Gasteiger partial charge in [0.2, 0.25) is 0 Å². The molecule has 1 aromatic rings. The van der Waals surface area contributed by atoms with Crippen molar-refractivity contribution in [1.29, 1.82) is 0 Å². The van der Waals surface area contributed by atoms with Crippen LogP contribution in [0.5, 0.6) is 0 Å². The van der Waals surface area contributed by atoms with E-state index >= 15 is 0 Å². The van der Waals surface area contributed by atoms with E-state index < -0.39 is 0 Å². The Bertz CT molecular complexity index is 520. The zero-order valence-electron chi connectivity index (χ0n) is 12.6. The van der Waals surface area contributed by atoms with E-state index in [1.165, 1.54) is 19.3 Å². The molecule has 112 valence electrons. The fraction of sp³-hybridized carbons (Fsp3) is 0.733. The first-order valence-electron chi connectivity index (χ1n) is 7.42. The SMILES string of the molecule is CCC(C)(C)CNc1c(Cl)cnn(CC2CCC2)c1=O. The summed E-state index contributed by atoms with van der Waals surface area (Å²) in [5, 5.41) is 7.78. The molecule has 0 radical (unpaired) electrons. The van der Waals surface area contributed by atoms with Gasteiger partial charge in [-0.1, -0.05) is 38.8 Å². The number of aromatic nitrogens is 2. The first-order valence-corrected chi connectivity index (χ1v) is 7.80. The molecule has 1 aliphatic carbocycles. The molecule has 1 heterocycles. The Labute approximate surface area is 125 Å². The third-order valence-electron chi connectivity index (χ3n) is 4.35. The van der Waals surface area contributed by atoms with Gasteiger partial charge < -0.3 is 5.32 Å². The molecule has 0 bridgehead atoms. The smallest absolute Gasteiger partial charge is 0.291 e. The van der Waals surface area contributed by atoms with E-state index in [9.17, 15) is 4.79 Å². The van der Waals surface area contributed by atoms with Crippen LogP contribution in [0, 0.1) is 11.3 Å². The van der Waals surface area contributed by atoms with Crippen molar-refractivity contribution in [2.75, 3.05) is 11.9 Å². The van der Waals surface area contributed by atoms with Crippen molar-refractivity contribution in [3.05, 3.63) is 21.6 Å². The van der Waals surface area contributed by atoms with Gasteiger partial charge in [-0.2, -0.15) is 5.10 Å². The summed E-state index contributed by atoms with van der Waals surface area (Å²) in [4.78, 5) is 12.4. The van der Waals surface area contributed by atoms with E-state index in [0.29, 0.717) is 23.2 Å². The summed E-state index contributed by atoms with van der Waals surface area (Å²) in [6.45, 7) is 7.92. The first-order chi connectivity index (χ1) is 9.43. The molecule has 4 nitrogen and oxygen atoms in total. The fourth-order valence-electron chi connectivity index (χ4n) is 2.13. The average molecular weight is 298 g/mol. The summed E-state index contributed by atoms with van der Waals surface area (Å²) in [6.07, 6.45) is 6.27. The second kappa shape index (κ2) is 6.17. The Hall–Kier alpha value is -1.03. The molecule has 0 amide bonds. The average Bonchev–Trinajstić information content (AvgIpc) is 2.35. The highest BCUT2D eigenvalue weighted by atomic mass is 35.5. The highest BCUT2D eigenvalue weighted by Gasteiger charge is 2.21. The molecule has 1 fully saturated rings. The zero-order chi connectivity index (χ0) is 14.8. The van der Waals surface area contributed by atoms with Crippen LogP contribution in [0.1, 0.15) is 46.5 Å². The number of hydrogen-bond donors (Lipinski definition) is 1. The quantitative estimate of drug-likeness (QED) is 0.873. The van der Waals surface area contributed by atoms with Gasteiger partial charge in [-0.15, -0.1) is 0 Å². The number of nitrogens with zero attached hydrogens (tertiary/aromatic N) is 2. The minimum Gasteiger partial charge on any atom is -0.379 e. The van der Waals surface area contributed by atoms with Crippen LogP contribution in [0.2, 0.25) is 5.02 Å². The number of hydrogen-bond acceptors (Lipinski definition) is 3. The van der Waals surface area contributed by atoms with Gasteiger partial charge in [0.25, 0.3) is 5.56 Å². The van der Waals surface area contributed by atoms with Crippen LogP contribution >= 0.6 is 11.6 Å². The maximum Gasteiger partial charge on any atom is 0.291 e. The number of halogens is 1. The van der Waals surface area contributed by atoms with Crippen molar-refractivity contribution >= 4 is 17.3 Å². The number of rotatable bonds is 6. The normalized spacial score (nSPS) is 16.0. The highest BCUT2D eigenvalue weighted by molar-refractivity contribution is 6.32. The second-order valence-electron chi connectivity index (χ2n) is 6.52. The molecule has 0 aliphatic heterocycles. The zero-order valence-corrected chi connectivity index (χ0v) is 13.3. The van der Waals surface area contributed by atoms with Gasteiger partial charge in [-0.05, 0) is 30.6 Å². The molecule has 0 atom stereocenters. The van der Waals surface area contributed by atoms with E-state index in [4.69, 9.17) is 11.6 Å². The molecule has 1 aromatic heterocycles. The van der Waals surface area contributed by atoms with Gasteiger partial charge in [0.15, 0.2) is 0 Å². The van der Waals surface area contributed by atoms with Crippen LogP contribution < -0.4 is 10.9 Å². The van der Waals surface area contributed by atoms with Gasteiger partial charge >= 0.3 is 0 Å². The topological polar surface area (TPSA) is 46.9 Å². The van der Waals surface area contributed by atoms with Gasteiger partial charge in [-0.25, -0.2) is 4.68 Å². The molecule has 2 rings (SSSR count). The third kappa shape index (κ3) is 3.54. The van der Waals surface area contributed by atoms with Crippen molar-refractivity contribution in [3.8, 4) is 0 Å². The summed E-state index contributed by atoms with van der Waals surface area (Å²) >= 11 is 6.12. The summed E-state index contributed by atoms with van der Waals surface area (Å²) in [5.41, 5.74) is 0.525. The third-order valence-corrected chi connectivity index (χ3v) is 4.64. The largest absolute Gasteiger partial charge is 0.379 e. The fourth-order valence-corrected chi connectivity index (χ4v) is 2.32. The Balaban J connectivity index is 2.14. The minimum atomic E-state index is -0.101. The standard InChI is InChI=1S/C15H24ClN3O/c1-4-15(2,3)10-17-13-12(16)8-18-19(14(13)20)9-11-6-5-7-11/h8,11,17H,4-7,9-10H2,1-3H3. The Morgan fingerprint density at radius 3 is 2.75 bits per heavy atom. The molecule has 20 heavy (non-hydrogen) atoms. The van der Waals surface area contributed by atoms with Crippen molar-refractivity contribution in [2.24, 2.45) is 11.3 Å². The van der Waals surface area contributed by atoms with E-state index in [1.54, 1.807) is 10.9 Å². The maximum atomic E-state index is 12.4. The van der Waals surface area contributed by atoms with Gasteiger partial charge in [0.1, 0.15) is 5.69 Å². The summed E-state index contributed by atoms with van der Waals surface area (Å²) in [5.74, 6) is 0.598. The predicted octanol–water partition coefficient (Wildman–Crippen LogP) is 3.54. The van der Waals surface area contributed by atoms with Crippen molar-refractivity contribution < 1.29 is 0 Å². The monoisotopic (exact) mass is 297 g/mol. The molecular weight excluding hydrogens is 274 g/mol. The van der Waals surface area contributed by atoms with Gasteiger partial charge in [-0.3, -0.25) is 4.79 Å². The van der Waals surface area contributed by atoms with E-state index in [0.717, 1.165) is 13.0 Å². The molecule has 0 unspecified atom stereocenters. The van der Waals surface area contributed by atoms with Crippen LogP contribution in [0.25, 0.3) is 0 Å².